The molecular weight excluding hydrogens is 324 g/mol. The van der Waals surface area contributed by atoms with Crippen LogP contribution in [-0.4, -0.2) is 23.9 Å². The summed E-state index contributed by atoms with van der Waals surface area (Å²) in [7, 11) is 0. The van der Waals surface area contributed by atoms with Gasteiger partial charge in [0.15, 0.2) is 0 Å². The van der Waals surface area contributed by atoms with Crippen molar-refractivity contribution in [2.45, 2.75) is 44.7 Å². The summed E-state index contributed by atoms with van der Waals surface area (Å²) in [6.45, 7) is 3.01. The summed E-state index contributed by atoms with van der Waals surface area (Å²) in [6.07, 6.45) is -9.24. The normalized spacial score (nSPS) is 15.7. The predicted molar refractivity (Wildman–Crippen MR) is 73.7 cm³/mol. The van der Waals surface area contributed by atoms with Gasteiger partial charge in [-0.25, -0.2) is 0 Å². The zero-order valence-corrected chi connectivity index (χ0v) is 12.7. The van der Waals surface area contributed by atoms with E-state index in [1.54, 1.807) is 13.8 Å². The number of hydrogen-bond acceptors (Lipinski definition) is 2. The number of rotatable bonds is 6. The van der Waals surface area contributed by atoms with Gasteiger partial charge in [0.1, 0.15) is 6.04 Å². The minimum atomic E-state index is -4.78. The summed E-state index contributed by atoms with van der Waals surface area (Å²) < 4.78 is 77.8. The van der Waals surface area contributed by atoms with E-state index in [1.807, 2.05) is 0 Å². The average Bonchev–Trinajstić information content (AvgIpc) is 2.40. The van der Waals surface area contributed by atoms with E-state index >= 15 is 0 Å². The molecule has 0 aromatic heterocycles. The van der Waals surface area contributed by atoms with E-state index in [-0.39, 0.29) is 12.3 Å². The van der Waals surface area contributed by atoms with Gasteiger partial charge >= 0.3 is 12.4 Å². The van der Waals surface area contributed by atoms with Crippen molar-refractivity contribution in [1.29, 1.82) is 0 Å². The molecule has 0 radical (unpaired) electrons. The fraction of sp³-hybridized carbons (Fsp3) is 0.600. The Hall–Kier alpha value is -1.28. The van der Waals surface area contributed by atoms with Gasteiger partial charge in [-0.2, -0.15) is 26.3 Å². The van der Waals surface area contributed by atoms with E-state index in [9.17, 15) is 31.4 Å². The van der Waals surface area contributed by atoms with Crippen molar-refractivity contribution >= 4 is 0 Å². The Labute approximate surface area is 130 Å². The lowest BCUT2D eigenvalue weighted by Crippen LogP contribution is -2.43. The van der Waals surface area contributed by atoms with Gasteiger partial charge < -0.3 is 5.11 Å². The van der Waals surface area contributed by atoms with E-state index < -0.39 is 42.2 Å². The highest BCUT2D eigenvalue weighted by Gasteiger charge is 2.42. The Morgan fingerprint density at radius 1 is 1.09 bits per heavy atom. The van der Waals surface area contributed by atoms with Crippen LogP contribution in [0.2, 0.25) is 0 Å². The average molecular weight is 343 g/mol. The Kier molecular flexibility index (Phi) is 6.47. The molecule has 0 aliphatic carbocycles. The summed E-state index contributed by atoms with van der Waals surface area (Å²) in [4.78, 5) is 0. The van der Waals surface area contributed by atoms with Crippen molar-refractivity contribution < 1.29 is 31.4 Å². The fourth-order valence-electron chi connectivity index (χ4n) is 2.27. The number of aliphatic hydroxyl groups is 1. The Bertz CT molecular complexity index is 497. The number of benzene rings is 1. The topological polar surface area (TPSA) is 32.3 Å². The van der Waals surface area contributed by atoms with E-state index in [0.717, 1.165) is 12.1 Å². The molecule has 0 amide bonds. The fourth-order valence-corrected chi connectivity index (χ4v) is 2.27. The van der Waals surface area contributed by atoms with Crippen LogP contribution in [0.1, 0.15) is 37.4 Å². The molecule has 2 atom stereocenters. The lowest BCUT2D eigenvalue weighted by molar-refractivity contribution is -0.161. The third-order valence-corrected chi connectivity index (χ3v) is 3.25. The first kappa shape index (κ1) is 19.8. The van der Waals surface area contributed by atoms with Crippen LogP contribution < -0.4 is 5.32 Å². The van der Waals surface area contributed by atoms with Gasteiger partial charge in [-0.1, -0.05) is 26.0 Å². The van der Waals surface area contributed by atoms with Crippen molar-refractivity contribution in [3.8, 4) is 0 Å². The zero-order chi connectivity index (χ0) is 17.8. The smallest absolute Gasteiger partial charge is 0.395 e. The van der Waals surface area contributed by atoms with E-state index in [4.69, 9.17) is 0 Å². The van der Waals surface area contributed by atoms with E-state index in [2.05, 4.69) is 5.32 Å². The standard InChI is InChI=1S/C15H19F6NO/c1-9(2)6-12(8-23)22-13(15(19,20)21)10-4-3-5-11(7-10)14(16,17)18/h3-5,7,9,12-13,22-23H,6,8H2,1-2H3/t12-,13-/m0/s1. The number of aliphatic hydroxyl groups excluding tert-OH is 1. The Morgan fingerprint density at radius 3 is 2.13 bits per heavy atom. The highest BCUT2D eigenvalue weighted by molar-refractivity contribution is 5.29. The molecule has 1 aromatic rings. The van der Waals surface area contributed by atoms with Crippen LogP contribution in [0.15, 0.2) is 24.3 Å². The lowest BCUT2D eigenvalue weighted by Gasteiger charge is -2.28. The third-order valence-electron chi connectivity index (χ3n) is 3.25. The molecule has 23 heavy (non-hydrogen) atoms. The molecule has 0 spiro atoms. The van der Waals surface area contributed by atoms with Crippen molar-refractivity contribution in [1.82, 2.24) is 5.32 Å². The summed E-state index contributed by atoms with van der Waals surface area (Å²) in [6, 6.07) is -0.0141. The van der Waals surface area contributed by atoms with Crippen LogP contribution >= 0.6 is 0 Å². The predicted octanol–water partition coefficient (Wildman–Crippen LogP) is 4.31. The Balaban J connectivity index is 3.13. The number of nitrogens with one attached hydrogen (secondary N) is 1. The highest BCUT2D eigenvalue weighted by Crippen LogP contribution is 2.36. The van der Waals surface area contributed by atoms with Gasteiger partial charge in [-0.3, -0.25) is 5.32 Å². The van der Waals surface area contributed by atoms with Gasteiger partial charge in [0.2, 0.25) is 0 Å². The van der Waals surface area contributed by atoms with Gasteiger partial charge in [-0.05, 0) is 30.0 Å². The molecule has 0 bridgehead atoms. The number of alkyl halides is 6. The molecule has 0 saturated heterocycles. The second kappa shape index (κ2) is 7.53. The minimum absolute atomic E-state index is 0.0232. The monoisotopic (exact) mass is 343 g/mol. The molecule has 0 aliphatic rings. The molecule has 0 saturated carbocycles. The van der Waals surface area contributed by atoms with Crippen molar-refractivity contribution in [2.24, 2.45) is 5.92 Å². The second-order valence-electron chi connectivity index (χ2n) is 5.77. The van der Waals surface area contributed by atoms with Crippen molar-refractivity contribution in [3.05, 3.63) is 35.4 Å². The maximum absolute atomic E-state index is 13.2. The molecule has 1 rings (SSSR count). The molecule has 0 unspecified atom stereocenters. The largest absolute Gasteiger partial charge is 0.416 e. The van der Waals surface area contributed by atoms with Crippen LogP contribution in [0, 0.1) is 5.92 Å². The van der Waals surface area contributed by atoms with Gasteiger partial charge in [0, 0.05) is 6.04 Å². The van der Waals surface area contributed by atoms with Crippen LogP contribution in [0.5, 0.6) is 0 Å². The molecular formula is C15H19F6NO. The molecule has 1 aromatic carbocycles. The summed E-state index contributed by atoms with van der Waals surface area (Å²) in [5.74, 6) is 0.0232. The Morgan fingerprint density at radius 2 is 1.70 bits per heavy atom. The van der Waals surface area contributed by atoms with Crippen LogP contribution in [0.3, 0.4) is 0 Å². The molecule has 132 valence electrons. The third kappa shape index (κ3) is 6.02. The maximum atomic E-state index is 13.2. The SMILES string of the molecule is CC(C)C[C@@H](CO)N[C@@H](c1cccc(C(F)(F)F)c1)C(F)(F)F. The van der Waals surface area contributed by atoms with Crippen LogP contribution in [-0.2, 0) is 6.18 Å². The lowest BCUT2D eigenvalue weighted by atomic mass is 9.99. The summed E-state index contributed by atoms with van der Waals surface area (Å²) in [5.41, 5.74) is -1.68. The molecule has 2 N–H and O–H groups in total. The van der Waals surface area contributed by atoms with Crippen molar-refractivity contribution in [3.63, 3.8) is 0 Å². The molecule has 2 nitrogen and oxygen atoms in total. The van der Waals surface area contributed by atoms with E-state index in [0.29, 0.717) is 12.1 Å². The maximum Gasteiger partial charge on any atom is 0.416 e. The molecule has 0 heterocycles. The van der Waals surface area contributed by atoms with Crippen LogP contribution in [0.4, 0.5) is 26.3 Å². The number of hydrogen-bond donors (Lipinski definition) is 2. The molecule has 8 heteroatoms. The summed E-state index contributed by atoms with van der Waals surface area (Å²) >= 11 is 0. The minimum Gasteiger partial charge on any atom is -0.395 e. The van der Waals surface area contributed by atoms with E-state index in [1.165, 1.54) is 0 Å². The first-order valence-corrected chi connectivity index (χ1v) is 7.06. The van der Waals surface area contributed by atoms with Crippen LogP contribution in [0.25, 0.3) is 0 Å². The van der Waals surface area contributed by atoms with Crippen molar-refractivity contribution in [2.75, 3.05) is 6.61 Å². The highest BCUT2D eigenvalue weighted by atomic mass is 19.4. The van der Waals surface area contributed by atoms with Gasteiger partial charge in [0.25, 0.3) is 0 Å². The molecule has 0 fully saturated rings. The first-order chi connectivity index (χ1) is 10.4. The quantitative estimate of drug-likeness (QED) is 0.755. The number of halogens is 6. The summed E-state index contributed by atoms with van der Waals surface area (Å²) in [5, 5.41) is 11.4. The molecule has 0 aliphatic heterocycles. The van der Waals surface area contributed by atoms with Gasteiger partial charge in [0.05, 0.1) is 12.2 Å². The first-order valence-electron chi connectivity index (χ1n) is 7.06. The van der Waals surface area contributed by atoms with Gasteiger partial charge in [-0.15, -0.1) is 0 Å². The zero-order valence-electron chi connectivity index (χ0n) is 12.7. The second-order valence-corrected chi connectivity index (χ2v) is 5.77.